The van der Waals surface area contributed by atoms with Crippen LogP contribution in [0.2, 0.25) is 0 Å². The molecule has 416 valence electrons. The lowest BCUT2D eigenvalue weighted by Gasteiger charge is -2.22. The number of amides is 3. The van der Waals surface area contributed by atoms with Gasteiger partial charge in [-0.25, -0.2) is 0 Å². The number of esters is 2. The zero-order valence-electron chi connectivity index (χ0n) is 45.1. The first kappa shape index (κ1) is 67.7. The molecule has 0 saturated heterocycles. The lowest BCUT2D eigenvalue weighted by molar-refractivity contribution is -0.151. The van der Waals surface area contributed by atoms with Crippen molar-refractivity contribution < 1.29 is 58.7 Å². The Morgan fingerprint density at radius 2 is 0.901 bits per heavy atom. The molecule has 5 atom stereocenters. The van der Waals surface area contributed by atoms with E-state index in [0.29, 0.717) is 44.9 Å². The normalized spacial score (nSPS) is 13.4. The van der Waals surface area contributed by atoms with Gasteiger partial charge in [0.05, 0.1) is 44.1 Å². The van der Waals surface area contributed by atoms with Crippen molar-refractivity contribution in [2.75, 3.05) is 19.8 Å². The van der Waals surface area contributed by atoms with Crippen LogP contribution in [-0.2, 0) is 38.2 Å². The minimum Gasteiger partial charge on any atom is -0.481 e. The SMILES string of the molecule is CCCCCCCCCCCC(=O)O[C@H](CCCCCCCCCCC)CC(=O)N[C@@H](CC(=O)O)C(=O)NCCC[C@H](COC(=O)CCCCC(O)CO)NC(=O)C[C@H](O)CCCCCCCCCCC. The van der Waals surface area contributed by atoms with E-state index >= 15 is 0 Å². The average Bonchev–Trinajstić information content (AvgIpc) is 3.33. The number of hydrogen-bond acceptors (Lipinski definition) is 11. The van der Waals surface area contributed by atoms with Crippen LogP contribution in [0.5, 0.6) is 0 Å². The number of aliphatic carboxylic acids is 1. The first-order chi connectivity index (χ1) is 34.3. The molecule has 15 heteroatoms. The second-order valence-corrected chi connectivity index (χ2v) is 20.2. The maximum atomic E-state index is 13.4. The number of carboxylic acids is 1. The Balaban J connectivity index is 5.39. The molecule has 0 radical (unpaired) electrons. The minimum atomic E-state index is -1.38. The number of aliphatic hydroxyl groups excluding tert-OH is 3. The van der Waals surface area contributed by atoms with Gasteiger partial charge in [0, 0.05) is 19.4 Å². The number of aliphatic hydroxyl groups is 3. The third kappa shape index (κ3) is 45.1. The summed E-state index contributed by atoms with van der Waals surface area (Å²) in [5, 5.41) is 47.0. The Bertz CT molecular complexity index is 1340. The highest BCUT2D eigenvalue weighted by atomic mass is 16.5. The molecular weight excluding hydrogens is 907 g/mol. The predicted octanol–water partition coefficient (Wildman–Crippen LogP) is 10.6. The summed E-state index contributed by atoms with van der Waals surface area (Å²) in [6.07, 6.45) is 30.2. The monoisotopic (exact) mass is 1010 g/mol. The van der Waals surface area contributed by atoms with Gasteiger partial charge in [0.15, 0.2) is 0 Å². The summed E-state index contributed by atoms with van der Waals surface area (Å²) in [5.74, 6) is -3.80. The molecule has 0 heterocycles. The standard InChI is InChI=1S/C56H105N3O12/c1-4-7-10-13-16-19-22-25-28-35-47(61)41-51(63)58-46(45-70-54(67)38-32-31-36-48(62)44-60)34-33-40-57-56(69)50(43-53(65)66)59-52(64)42-49(37-29-26-23-20-17-14-11-8-5-2)71-55(68)39-30-27-24-21-18-15-12-9-6-3/h46-50,60-62H,4-45H2,1-3H3,(H,57,69)(H,58,63)(H,59,64)(H,65,66)/t46-,47-,48?,49-,50+/m1/s1. The van der Waals surface area contributed by atoms with Crippen molar-refractivity contribution in [3.8, 4) is 0 Å². The summed E-state index contributed by atoms with van der Waals surface area (Å²) >= 11 is 0. The number of ether oxygens (including phenoxy) is 2. The lowest BCUT2D eigenvalue weighted by Crippen LogP contribution is -2.49. The zero-order chi connectivity index (χ0) is 52.6. The van der Waals surface area contributed by atoms with Gasteiger partial charge in [0.2, 0.25) is 17.7 Å². The van der Waals surface area contributed by atoms with Gasteiger partial charge in [-0.1, -0.05) is 188 Å². The summed E-state index contributed by atoms with van der Waals surface area (Å²) in [4.78, 5) is 77.2. The Morgan fingerprint density at radius 1 is 0.465 bits per heavy atom. The van der Waals surface area contributed by atoms with E-state index in [1.54, 1.807) is 0 Å². The third-order valence-corrected chi connectivity index (χ3v) is 13.1. The summed E-state index contributed by atoms with van der Waals surface area (Å²) in [5.41, 5.74) is 0. The Morgan fingerprint density at radius 3 is 1.42 bits per heavy atom. The van der Waals surface area contributed by atoms with Gasteiger partial charge in [-0.3, -0.25) is 28.8 Å². The van der Waals surface area contributed by atoms with Crippen LogP contribution in [0.1, 0.15) is 271 Å². The number of rotatable bonds is 52. The van der Waals surface area contributed by atoms with Crippen molar-refractivity contribution in [2.45, 2.75) is 302 Å². The second-order valence-electron chi connectivity index (χ2n) is 20.2. The smallest absolute Gasteiger partial charge is 0.306 e. The second kappa shape index (κ2) is 48.9. The average molecular weight is 1010 g/mol. The highest BCUT2D eigenvalue weighted by molar-refractivity contribution is 5.90. The van der Waals surface area contributed by atoms with Gasteiger partial charge < -0.3 is 45.9 Å². The largest absolute Gasteiger partial charge is 0.481 e. The van der Waals surface area contributed by atoms with Crippen molar-refractivity contribution in [1.82, 2.24) is 16.0 Å². The van der Waals surface area contributed by atoms with Crippen LogP contribution in [0.3, 0.4) is 0 Å². The molecule has 0 spiro atoms. The van der Waals surface area contributed by atoms with Gasteiger partial charge in [0.1, 0.15) is 18.8 Å². The Kier molecular flexibility index (Phi) is 46.7. The molecule has 1 unspecified atom stereocenters. The van der Waals surface area contributed by atoms with E-state index in [2.05, 4.69) is 36.7 Å². The number of unbranched alkanes of at least 4 members (excludes halogenated alkanes) is 25. The molecule has 0 bridgehead atoms. The third-order valence-electron chi connectivity index (χ3n) is 13.1. The molecule has 0 fully saturated rings. The fourth-order valence-electron chi connectivity index (χ4n) is 8.73. The number of carbonyl (C=O) groups excluding carboxylic acids is 5. The molecule has 71 heavy (non-hydrogen) atoms. The number of hydrogen-bond donors (Lipinski definition) is 7. The van der Waals surface area contributed by atoms with Gasteiger partial charge in [-0.2, -0.15) is 0 Å². The maximum absolute atomic E-state index is 13.4. The van der Waals surface area contributed by atoms with Crippen molar-refractivity contribution >= 4 is 35.6 Å². The summed E-state index contributed by atoms with van der Waals surface area (Å²) in [6.45, 7) is 6.17. The molecule has 0 aliphatic heterocycles. The molecule has 3 amide bonds. The van der Waals surface area contributed by atoms with E-state index in [1.165, 1.54) is 103 Å². The van der Waals surface area contributed by atoms with E-state index in [0.717, 1.165) is 64.2 Å². The van der Waals surface area contributed by atoms with Crippen molar-refractivity contribution in [1.29, 1.82) is 0 Å². The van der Waals surface area contributed by atoms with Crippen LogP contribution in [0, 0.1) is 0 Å². The molecule has 7 N–H and O–H groups in total. The van der Waals surface area contributed by atoms with E-state index in [-0.39, 0.29) is 57.8 Å². The van der Waals surface area contributed by atoms with Crippen LogP contribution < -0.4 is 16.0 Å². The lowest BCUT2D eigenvalue weighted by atomic mass is 10.0. The fourth-order valence-corrected chi connectivity index (χ4v) is 8.73. The van der Waals surface area contributed by atoms with Gasteiger partial charge in [-0.05, 0) is 51.4 Å². The molecular formula is C56H105N3O12. The number of carboxylic acid groups (broad SMARTS) is 1. The molecule has 15 nitrogen and oxygen atoms in total. The Hall–Kier alpha value is -3.30. The van der Waals surface area contributed by atoms with Crippen LogP contribution in [0.4, 0.5) is 0 Å². The van der Waals surface area contributed by atoms with Crippen LogP contribution in [0.15, 0.2) is 0 Å². The van der Waals surface area contributed by atoms with Crippen molar-refractivity contribution in [3.63, 3.8) is 0 Å². The maximum Gasteiger partial charge on any atom is 0.306 e. The molecule has 0 aliphatic carbocycles. The summed E-state index contributed by atoms with van der Waals surface area (Å²) in [7, 11) is 0. The van der Waals surface area contributed by atoms with Gasteiger partial charge >= 0.3 is 17.9 Å². The van der Waals surface area contributed by atoms with Gasteiger partial charge in [0.25, 0.3) is 0 Å². The first-order valence-corrected chi connectivity index (χ1v) is 28.7. The predicted molar refractivity (Wildman–Crippen MR) is 282 cm³/mol. The van der Waals surface area contributed by atoms with E-state index in [9.17, 15) is 44.1 Å². The fraction of sp³-hybridized carbons (Fsp3) is 0.893. The molecule has 0 aliphatic rings. The highest BCUT2D eigenvalue weighted by Gasteiger charge is 2.26. The zero-order valence-corrected chi connectivity index (χ0v) is 45.1. The molecule has 0 aromatic heterocycles. The summed E-state index contributed by atoms with van der Waals surface area (Å²) in [6, 6.07) is -2.02. The van der Waals surface area contributed by atoms with E-state index in [1.807, 2.05) is 0 Å². The molecule has 0 aromatic rings. The number of carbonyl (C=O) groups is 6. The van der Waals surface area contributed by atoms with Crippen molar-refractivity contribution in [2.24, 2.45) is 0 Å². The molecule has 0 saturated carbocycles. The highest BCUT2D eigenvalue weighted by Crippen LogP contribution is 2.18. The first-order valence-electron chi connectivity index (χ1n) is 28.7. The van der Waals surface area contributed by atoms with E-state index < -0.39 is 66.5 Å². The van der Waals surface area contributed by atoms with Crippen LogP contribution in [-0.4, -0.2) is 106 Å². The van der Waals surface area contributed by atoms with Crippen LogP contribution >= 0.6 is 0 Å². The number of nitrogens with one attached hydrogen (secondary N) is 3. The van der Waals surface area contributed by atoms with Crippen LogP contribution in [0.25, 0.3) is 0 Å². The quantitative estimate of drug-likeness (QED) is 0.0223. The van der Waals surface area contributed by atoms with Gasteiger partial charge in [-0.15, -0.1) is 0 Å². The topological polar surface area (TPSA) is 238 Å². The van der Waals surface area contributed by atoms with Crippen molar-refractivity contribution in [3.05, 3.63) is 0 Å². The molecule has 0 aromatic carbocycles. The minimum absolute atomic E-state index is 0.0667. The summed E-state index contributed by atoms with van der Waals surface area (Å²) < 4.78 is 11.3. The Labute approximate surface area is 430 Å². The van der Waals surface area contributed by atoms with E-state index in [4.69, 9.17) is 14.6 Å². The molecule has 0 rings (SSSR count).